The molecule has 0 spiro atoms. The summed E-state index contributed by atoms with van der Waals surface area (Å²) in [5, 5.41) is 4.14. The molecule has 0 bridgehead atoms. The minimum absolute atomic E-state index is 0.367. The molecule has 0 amide bonds. The average molecular weight is 218 g/mol. The molecular weight excluding hydrogens is 204 g/mol. The van der Waals surface area contributed by atoms with Crippen LogP contribution in [0.25, 0.3) is 0 Å². The molecule has 1 aromatic carbocycles. The van der Waals surface area contributed by atoms with E-state index in [9.17, 15) is 0 Å². The molecular formula is C11H14N4O. The summed E-state index contributed by atoms with van der Waals surface area (Å²) >= 11 is 0. The molecule has 84 valence electrons. The number of ether oxygens (including phenoxy) is 1. The highest BCUT2D eigenvalue weighted by molar-refractivity contribution is 5.51. The second-order valence-electron chi connectivity index (χ2n) is 3.53. The van der Waals surface area contributed by atoms with Gasteiger partial charge in [-0.05, 0) is 19.1 Å². The maximum atomic E-state index is 5.76. The number of nitrogens with two attached hydrogens (primary N) is 1. The van der Waals surface area contributed by atoms with Gasteiger partial charge < -0.3 is 10.5 Å². The molecule has 0 fully saturated rings. The molecule has 2 rings (SSSR count). The van der Waals surface area contributed by atoms with Crippen molar-refractivity contribution in [2.45, 2.75) is 13.5 Å². The molecule has 1 heterocycles. The summed E-state index contributed by atoms with van der Waals surface area (Å²) in [4.78, 5) is 4.24. The van der Waals surface area contributed by atoms with Gasteiger partial charge >= 0.3 is 0 Å². The molecule has 1 aromatic heterocycles. The Balaban J connectivity index is 2.08. The van der Waals surface area contributed by atoms with E-state index >= 15 is 0 Å². The van der Waals surface area contributed by atoms with Gasteiger partial charge in [-0.3, -0.25) is 0 Å². The van der Waals surface area contributed by atoms with Crippen LogP contribution in [-0.4, -0.2) is 14.8 Å². The zero-order chi connectivity index (χ0) is 11.5. The van der Waals surface area contributed by atoms with E-state index in [0.717, 1.165) is 11.6 Å². The van der Waals surface area contributed by atoms with Crippen molar-refractivity contribution in [2.24, 2.45) is 7.05 Å². The zero-order valence-electron chi connectivity index (χ0n) is 9.34. The second kappa shape index (κ2) is 4.22. The largest absolute Gasteiger partial charge is 0.483 e. The first-order valence-corrected chi connectivity index (χ1v) is 5.00. The van der Waals surface area contributed by atoms with Crippen LogP contribution in [0.4, 0.5) is 5.69 Å². The molecule has 0 aliphatic rings. The fourth-order valence-corrected chi connectivity index (χ4v) is 1.44. The highest BCUT2D eigenvalue weighted by atomic mass is 16.5. The summed E-state index contributed by atoms with van der Waals surface area (Å²) in [7, 11) is 1.84. The van der Waals surface area contributed by atoms with Crippen LogP contribution >= 0.6 is 0 Å². The summed E-state index contributed by atoms with van der Waals surface area (Å²) < 4.78 is 7.27. The van der Waals surface area contributed by atoms with Crippen molar-refractivity contribution < 1.29 is 4.74 Å². The molecule has 0 unspecified atom stereocenters. The third kappa shape index (κ3) is 2.13. The zero-order valence-corrected chi connectivity index (χ0v) is 9.34. The lowest BCUT2D eigenvalue weighted by atomic mass is 10.3. The number of aryl methyl sites for hydroxylation is 2. The fourth-order valence-electron chi connectivity index (χ4n) is 1.44. The Morgan fingerprint density at radius 3 is 2.75 bits per heavy atom. The summed E-state index contributed by atoms with van der Waals surface area (Å²) in [6.45, 7) is 2.21. The third-order valence-electron chi connectivity index (χ3n) is 2.23. The predicted molar refractivity (Wildman–Crippen MR) is 60.9 cm³/mol. The number of nitrogens with zero attached hydrogens (tertiary/aromatic N) is 3. The topological polar surface area (TPSA) is 66.0 Å². The van der Waals surface area contributed by atoms with Gasteiger partial charge in [0.05, 0.1) is 5.69 Å². The van der Waals surface area contributed by atoms with Crippen molar-refractivity contribution in [1.29, 1.82) is 0 Å². The van der Waals surface area contributed by atoms with E-state index in [1.807, 2.05) is 32.2 Å². The average Bonchev–Trinajstić information content (AvgIpc) is 2.56. The van der Waals surface area contributed by atoms with Crippen LogP contribution in [0.15, 0.2) is 24.3 Å². The van der Waals surface area contributed by atoms with Gasteiger partial charge in [-0.2, -0.15) is 5.10 Å². The van der Waals surface area contributed by atoms with Crippen molar-refractivity contribution in [3.05, 3.63) is 35.9 Å². The number of benzene rings is 1. The van der Waals surface area contributed by atoms with E-state index in [0.29, 0.717) is 18.0 Å². The normalized spacial score (nSPS) is 10.4. The molecule has 0 saturated carbocycles. The first-order valence-electron chi connectivity index (χ1n) is 5.00. The number of anilines is 1. The first-order chi connectivity index (χ1) is 7.66. The summed E-state index contributed by atoms with van der Waals surface area (Å²) in [5.74, 6) is 2.19. The molecule has 0 atom stereocenters. The van der Waals surface area contributed by atoms with Gasteiger partial charge in [0.15, 0.2) is 5.82 Å². The minimum Gasteiger partial charge on any atom is -0.483 e. The predicted octanol–water partition coefficient (Wildman–Crippen LogP) is 1.28. The molecule has 2 N–H and O–H groups in total. The van der Waals surface area contributed by atoms with Crippen LogP contribution < -0.4 is 10.5 Å². The van der Waals surface area contributed by atoms with Gasteiger partial charge in [0, 0.05) is 7.05 Å². The number of rotatable bonds is 3. The van der Waals surface area contributed by atoms with Crippen molar-refractivity contribution >= 4 is 5.69 Å². The highest BCUT2D eigenvalue weighted by Gasteiger charge is 2.05. The monoisotopic (exact) mass is 218 g/mol. The number of hydrogen-bond donors (Lipinski definition) is 1. The molecule has 5 heteroatoms. The van der Waals surface area contributed by atoms with Gasteiger partial charge in [0.25, 0.3) is 0 Å². The van der Waals surface area contributed by atoms with Crippen LogP contribution in [0.2, 0.25) is 0 Å². The van der Waals surface area contributed by atoms with E-state index in [1.165, 1.54) is 0 Å². The lowest BCUT2D eigenvalue weighted by Gasteiger charge is -2.07. The minimum atomic E-state index is 0.367. The Bertz CT molecular complexity index is 492. The van der Waals surface area contributed by atoms with E-state index in [2.05, 4.69) is 10.1 Å². The third-order valence-corrected chi connectivity index (χ3v) is 2.23. The van der Waals surface area contributed by atoms with Crippen molar-refractivity contribution in [1.82, 2.24) is 14.8 Å². The van der Waals surface area contributed by atoms with Crippen molar-refractivity contribution in [3.63, 3.8) is 0 Å². The van der Waals surface area contributed by atoms with E-state index in [1.54, 1.807) is 10.7 Å². The van der Waals surface area contributed by atoms with E-state index < -0.39 is 0 Å². The van der Waals surface area contributed by atoms with Gasteiger partial charge in [0.1, 0.15) is 18.2 Å². The Labute approximate surface area is 93.9 Å². The smallest absolute Gasteiger partial charge is 0.164 e. The van der Waals surface area contributed by atoms with E-state index in [-0.39, 0.29) is 0 Å². The van der Waals surface area contributed by atoms with Crippen LogP contribution in [0.3, 0.4) is 0 Å². The summed E-state index contributed by atoms with van der Waals surface area (Å²) in [6.07, 6.45) is 0. The Morgan fingerprint density at radius 2 is 2.12 bits per heavy atom. The Kier molecular flexibility index (Phi) is 2.76. The number of para-hydroxylation sites is 2. The van der Waals surface area contributed by atoms with Crippen LogP contribution in [0.5, 0.6) is 5.75 Å². The standard InChI is InChI=1S/C11H14N4O/c1-8-13-11(15(2)14-8)7-16-10-6-4-3-5-9(10)12/h3-6H,7,12H2,1-2H3. The lowest BCUT2D eigenvalue weighted by Crippen LogP contribution is -2.05. The van der Waals surface area contributed by atoms with Crippen molar-refractivity contribution in [2.75, 3.05) is 5.73 Å². The maximum absolute atomic E-state index is 5.76. The molecule has 0 aliphatic carbocycles. The maximum Gasteiger partial charge on any atom is 0.164 e. The summed E-state index contributed by atoms with van der Waals surface area (Å²) in [5.41, 5.74) is 6.39. The number of nitrogen functional groups attached to an aromatic ring is 1. The lowest BCUT2D eigenvalue weighted by molar-refractivity contribution is 0.291. The summed E-state index contributed by atoms with van der Waals surface area (Å²) in [6, 6.07) is 7.39. The van der Waals surface area contributed by atoms with Gasteiger partial charge in [0.2, 0.25) is 0 Å². The SMILES string of the molecule is Cc1nc(COc2ccccc2N)n(C)n1. The molecule has 16 heavy (non-hydrogen) atoms. The van der Waals surface area contributed by atoms with Gasteiger partial charge in [-0.1, -0.05) is 12.1 Å². The van der Waals surface area contributed by atoms with Gasteiger partial charge in [-0.25, -0.2) is 9.67 Å². The second-order valence-corrected chi connectivity index (χ2v) is 3.53. The number of aromatic nitrogens is 3. The van der Waals surface area contributed by atoms with Crippen LogP contribution in [-0.2, 0) is 13.7 Å². The molecule has 5 nitrogen and oxygen atoms in total. The molecule has 0 aliphatic heterocycles. The first kappa shape index (κ1) is 10.5. The van der Waals surface area contributed by atoms with Crippen LogP contribution in [0, 0.1) is 6.92 Å². The molecule has 0 saturated heterocycles. The highest BCUT2D eigenvalue weighted by Crippen LogP contribution is 2.20. The molecule has 2 aromatic rings. The Hall–Kier alpha value is -2.04. The molecule has 0 radical (unpaired) electrons. The fraction of sp³-hybridized carbons (Fsp3) is 0.273. The Morgan fingerprint density at radius 1 is 1.38 bits per heavy atom. The van der Waals surface area contributed by atoms with E-state index in [4.69, 9.17) is 10.5 Å². The van der Waals surface area contributed by atoms with Crippen molar-refractivity contribution in [3.8, 4) is 5.75 Å². The van der Waals surface area contributed by atoms with Crippen LogP contribution in [0.1, 0.15) is 11.6 Å². The number of hydrogen-bond acceptors (Lipinski definition) is 4. The van der Waals surface area contributed by atoms with Gasteiger partial charge in [-0.15, -0.1) is 0 Å². The quantitative estimate of drug-likeness (QED) is 0.788.